The molecule has 2 heterocycles. The van der Waals surface area contributed by atoms with Gasteiger partial charge in [-0.05, 0) is 45.1 Å². The highest BCUT2D eigenvalue weighted by Gasteiger charge is 2.37. The van der Waals surface area contributed by atoms with Crippen molar-refractivity contribution in [3.63, 3.8) is 0 Å². The van der Waals surface area contributed by atoms with E-state index in [1.807, 2.05) is 21.6 Å². The Kier molecular flexibility index (Phi) is 6.57. The third-order valence-corrected chi connectivity index (χ3v) is 6.23. The van der Waals surface area contributed by atoms with Crippen molar-refractivity contribution in [1.82, 2.24) is 20.0 Å². The number of aliphatic carboxylic acids is 1. The molecule has 8 heteroatoms. The number of carbonyl (C=O) groups excluding carboxylic acids is 2. The van der Waals surface area contributed by atoms with E-state index in [4.69, 9.17) is 5.11 Å². The molecule has 3 rings (SSSR count). The summed E-state index contributed by atoms with van der Waals surface area (Å²) >= 11 is 0. The van der Waals surface area contributed by atoms with E-state index in [0.29, 0.717) is 19.6 Å². The topological polar surface area (TPSA) is 93.2 Å². The molecule has 152 valence electrons. The highest BCUT2D eigenvalue weighted by atomic mass is 16.4. The molecule has 1 saturated carbocycles. The van der Waals surface area contributed by atoms with Crippen LogP contribution in [0.2, 0.25) is 0 Å². The lowest BCUT2D eigenvalue weighted by Crippen LogP contribution is -2.56. The fourth-order valence-corrected chi connectivity index (χ4v) is 4.44. The van der Waals surface area contributed by atoms with E-state index in [2.05, 4.69) is 5.32 Å². The van der Waals surface area contributed by atoms with Crippen molar-refractivity contribution in [2.24, 2.45) is 5.92 Å². The van der Waals surface area contributed by atoms with Gasteiger partial charge in [-0.15, -0.1) is 0 Å². The van der Waals surface area contributed by atoms with E-state index in [-0.39, 0.29) is 36.5 Å². The standard InChI is InChI=1S/C19H32N4O4/c1-2-21(13-17(24)25)16-11-15(12-16)20-18(26)14-5-9-23(10-6-14)19(27)22-7-3-4-8-22/h14-16H,2-13H2,1H3,(H,20,26)(H,24,25). The monoisotopic (exact) mass is 380 g/mol. The van der Waals surface area contributed by atoms with E-state index in [1.165, 1.54) is 0 Å². The van der Waals surface area contributed by atoms with Crippen LogP contribution in [0.3, 0.4) is 0 Å². The molecule has 0 unspecified atom stereocenters. The zero-order chi connectivity index (χ0) is 19.4. The zero-order valence-electron chi connectivity index (χ0n) is 16.2. The first-order valence-corrected chi connectivity index (χ1v) is 10.3. The first-order chi connectivity index (χ1) is 13.0. The smallest absolute Gasteiger partial charge is 0.319 e. The predicted molar refractivity (Wildman–Crippen MR) is 100 cm³/mol. The number of carboxylic acid groups (broad SMARTS) is 1. The van der Waals surface area contributed by atoms with Gasteiger partial charge in [0.1, 0.15) is 0 Å². The fourth-order valence-electron chi connectivity index (χ4n) is 4.44. The largest absolute Gasteiger partial charge is 0.480 e. The Morgan fingerprint density at radius 2 is 1.63 bits per heavy atom. The molecule has 0 bridgehead atoms. The van der Waals surface area contributed by atoms with E-state index in [1.54, 1.807) is 0 Å². The molecule has 3 fully saturated rings. The molecule has 2 saturated heterocycles. The summed E-state index contributed by atoms with van der Waals surface area (Å²) in [5.41, 5.74) is 0. The van der Waals surface area contributed by atoms with Crippen LogP contribution in [0.15, 0.2) is 0 Å². The molecule has 0 radical (unpaired) electrons. The van der Waals surface area contributed by atoms with Crippen LogP contribution in [0.5, 0.6) is 0 Å². The lowest BCUT2D eigenvalue weighted by Gasteiger charge is -2.43. The summed E-state index contributed by atoms with van der Waals surface area (Å²) < 4.78 is 0. The van der Waals surface area contributed by atoms with Gasteiger partial charge >= 0.3 is 12.0 Å². The number of piperidine rings is 1. The molecule has 0 aromatic rings. The molecule has 0 atom stereocenters. The van der Waals surface area contributed by atoms with Gasteiger partial charge in [-0.1, -0.05) is 6.92 Å². The molecular weight excluding hydrogens is 348 g/mol. The van der Waals surface area contributed by atoms with Crippen molar-refractivity contribution in [2.45, 2.75) is 57.5 Å². The van der Waals surface area contributed by atoms with Crippen LogP contribution in [-0.2, 0) is 9.59 Å². The van der Waals surface area contributed by atoms with Crippen molar-refractivity contribution < 1.29 is 19.5 Å². The third kappa shape index (κ3) is 4.91. The number of likely N-dealkylation sites (N-methyl/N-ethyl adjacent to an activating group) is 1. The predicted octanol–water partition coefficient (Wildman–Crippen LogP) is 0.968. The Morgan fingerprint density at radius 1 is 1.04 bits per heavy atom. The quantitative estimate of drug-likeness (QED) is 0.716. The second-order valence-corrected chi connectivity index (χ2v) is 8.03. The molecule has 0 spiro atoms. The van der Waals surface area contributed by atoms with Crippen molar-refractivity contribution in [2.75, 3.05) is 39.3 Å². The number of amides is 3. The molecule has 3 aliphatic rings. The molecule has 0 aromatic heterocycles. The Bertz CT molecular complexity index is 550. The number of rotatable bonds is 6. The summed E-state index contributed by atoms with van der Waals surface area (Å²) in [6.07, 6.45) is 5.27. The lowest BCUT2D eigenvalue weighted by molar-refractivity contribution is -0.140. The number of carboxylic acids is 1. The Hall–Kier alpha value is -1.83. The molecule has 2 N–H and O–H groups in total. The Morgan fingerprint density at radius 3 is 2.19 bits per heavy atom. The number of urea groups is 1. The SMILES string of the molecule is CCN(CC(=O)O)C1CC(NC(=O)C2CCN(C(=O)N3CCCC3)CC2)C1. The van der Waals surface area contributed by atoms with Crippen molar-refractivity contribution in [1.29, 1.82) is 0 Å². The maximum atomic E-state index is 12.5. The Labute approximate surface area is 160 Å². The van der Waals surface area contributed by atoms with Gasteiger partial charge in [-0.2, -0.15) is 0 Å². The van der Waals surface area contributed by atoms with Crippen LogP contribution in [0, 0.1) is 5.92 Å². The minimum absolute atomic E-state index is 0.0204. The number of nitrogens with zero attached hydrogens (tertiary/aromatic N) is 3. The molecule has 3 amide bonds. The van der Waals surface area contributed by atoms with Crippen LogP contribution in [0.1, 0.15) is 45.4 Å². The van der Waals surface area contributed by atoms with Gasteiger partial charge in [0.2, 0.25) is 5.91 Å². The van der Waals surface area contributed by atoms with Crippen molar-refractivity contribution >= 4 is 17.9 Å². The average molecular weight is 380 g/mol. The lowest BCUT2D eigenvalue weighted by atomic mass is 9.84. The minimum Gasteiger partial charge on any atom is -0.480 e. The van der Waals surface area contributed by atoms with Gasteiger partial charge in [-0.25, -0.2) is 4.79 Å². The van der Waals surface area contributed by atoms with E-state index < -0.39 is 5.97 Å². The maximum absolute atomic E-state index is 12.5. The minimum atomic E-state index is -0.806. The van der Waals surface area contributed by atoms with Crippen molar-refractivity contribution in [3.05, 3.63) is 0 Å². The molecule has 0 aromatic carbocycles. The maximum Gasteiger partial charge on any atom is 0.319 e. The first-order valence-electron chi connectivity index (χ1n) is 10.3. The van der Waals surface area contributed by atoms with Crippen LogP contribution in [0.25, 0.3) is 0 Å². The van der Waals surface area contributed by atoms with E-state index in [0.717, 1.165) is 51.6 Å². The van der Waals surface area contributed by atoms with Gasteiger partial charge < -0.3 is 20.2 Å². The van der Waals surface area contributed by atoms with Crippen LogP contribution < -0.4 is 5.32 Å². The molecular formula is C19H32N4O4. The molecule has 27 heavy (non-hydrogen) atoms. The van der Waals surface area contributed by atoms with Gasteiger partial charge in [-0.3, -0.25) is 14.5 Å². The van der Waals surface area contributed by atoms with Gasteiger partial charge in [0.15, 0.2) is 0 Å². The van der Waals surface area contributed by atoms with Gasteiger partial charge in [0, 0.05) is 44.2 Å². The third-order valence-electron chi connectivity index (χ3n) is 6.23. The first kappa shape index (κ1) is 19.9. The van der Waals surface area contributed by atoms with E-state index in [9.17, 15) is 14.4 Å². The number of carbonyl (C=O) groups is 3. The summed E-state index contributed by atoms with van der Waals surface area (Å²) in [7, 11) is 0. The highest BCUT2D eigenvalue weighted by Crippen LogP contribution is 2.27. The van der Waals surface area contributed by atoms with Crippen LogP contribution in [-0.4, -0.2) is 89.1 Å². The number of hydrogen-bond donors (Lipinski definition) is 2. The highest BCUT2D eigenvalue weighted by molar-refractivity contribution is 5.80. The van der Waals surface area contributed by atoms with Gasteiger partial charge in [0.25, 0.3) is 0 Å². The Balaban J connectivity index is 1.37. The summed E-state index contributed by atoms with van der Waals surface area (Å²) in [5, 5.41) is 12.1. The number of hydrogen-bond acceptors (Lipinski definition) is 4. The summed E-state index contributed by atoms with van der Waals surface area (Å²) in [6, 6.07) is 0.525. The number of likely N-dealkylation sites (tertiary alicyclic amines) is 2. The molecule has 8 nitrogen and oxygen atoms in total. The number of nitrogens with one attached hydrogen (secondary N) is 1. The molecule has 2 aliphatic heterocycles. The summed E-state index contributed by atoms with van der Waals surface area (Å²) in [6.45, 7) is 5.77. The van der Waals surface area contributed by atoms with Crippen LogP contribution in [0.4, 0.5) is 4.79 Å². The summed E-state index contributed by atoms with van der Waals surface area (Å²) in [4.78, 5) is 41.6. The summed E-state index contributed by atoms with van der Waals surface area (Å²) in [5.74, 6) is -0.736. The second kappa shape index (κ2) is 8.91. The zero-order valence-corrected chi connectivity index (χ0v) is 16.2. The van der Waals surface area contributed by atoms with Gasteiger partial charge in [0.05, 0.1) is 6.54 Å². The van der Waals surface area contributed by atoms with Crippen LogP contribution >= 0.6 is 0 Å². The fraction of sp³-hybridized carbons (Fsp3) is 0.842. The second-order valence-electron chi connectivity index (χ2n) is 8.03. The molecule has 1 aliphatic carbocycles. The van der Waals surface area contributed by atoms with Crippen molar-refractivity contribution in [3.8, 4) is 0 Å². The normalized spacial score (nSPS) is 26.1. The van der Waals surface area contributed by atoms with E-state index >= 15 is 0 Å². The average Bonchev–Trinajstić information content (AvgIpc) is 3.16.